The number of nitrogens with zero attached hydrogens (tertiary/aromatic N) is 1. The molecule has 0 spiro atoms. The molecule has 0 aliphatic carbocycles. The summed E-state index contributed by atoms with van der Waals surface area (Å²) in [5.74, 6) is 0.751. The monoisotopic (exact) mass is 344 g/mol. The van der Waals surface area contributed by atoms with Gasteiger partial charge < -0.3 is 19.7 Å². The van der Waals surface area contributed by atoms with Crippen LogP contribution >= 0.6 is 0 Å². The van der Waals surface area contributed by atoms with Crippen molar-refractivity contribution in [1.29, 1.82) is 0 Å². The largest absolute Gasteiger partial charge is 0.460 e. The number of hydrogen-bond donors (Lipinski definition) is 2. The van der Waals surface area contributed by atoms with Crippen molar-refractivity contribution in [1.82, 2.24) is 10.2 Å². The van der Waals surface area contributed by atoms with Crippen LogP contribution in [0.3, 0.4) is 0 Å². The first-order chi connectivity index (χ1) is 12.2. The number of aliphatic hydroxyl groups is 1. The van der Waals surface area contributed by atoms with Gasteiger partial charge in [-0.1, -0.05) is 31.5 Å². The summed E-state index contributed by atoms with van der Waals surface area (Å²) in [6.07, 6.45) is 4.43. The number of carbonyl (C=O) groups is 1. The number of fused-ring (bicyclic) bond motifs is 1. The molecule has 2 N–H and O–H groups in total. The molecule has 136 valence electrons. The van der Waals surface area contributed by atoms with Crippen LogP contribution in [0.15, 0.2) is 28.7 Å². The predicted molar refractivity (Wildman–Crippen MR) is 98.8 cm³/mol. The number of likely N-dealkylation sites (tertiary alicyclic amines) is 1. The Balaban J connectivity index is 1.60. The number of nitrogens with one attached hydrogen (secondary N) is 1. The Morgan fingerprint density at radius 3 is 2.96 bits per heavy atom. The lowest BCUT2D eigenvalue weighted by molar-refractivity contribution is 0.0950. The van der Waals surface area contributed by atoms with E-state index in [0.29, 0.717) is 12.1 Å². The highest BCUT2D eigenvalue weighted by atomic mass is 16.3. The lowest BCUT2D eigenvalue weighted by atomic mass is 10.1. The molecule has 2 heterocycles. The molecule has 1 aliphatic rings. The molecule has 1 aliphatic heterocycles. The summed E-state index contributed by atoms with van der Waals surface area (Å²) in [5, 5.41) is 13.5. The highest BCUT2D eigenvalue weighted by Crippen LogP contribution is 2.27. The Labute approximate surface area is 149 Å². The second-order valence-electron chi connectivity index (χ2n) is 6.85. The van der Waals surface area contributed by atoms with Gasteiger partial charge in [-0.2, -0.15) is 0 Å². The molecular formula is C20H28N2O3. The Morgan fingerprint density at radius 1 is 1.36 bits per heavy atom. The smallest absolute Gasteiger partial charge is 0.255 e. The fourth-order valence-electron chi connectivity index (χ4n) is 3.47. The van der Waals surface area contributed by atoms with Crippen LogP contribution in [0.1, 0.15) is 48.7 Å². The topological polar surface area (TPSA) is 65.7 Å². The molecule has 2 aromatic rings. The second-order valence-corrected chi connectivity index (χ2v) is 6.85. The van der Waals surface area contributed by atoms with E-state index in [1.807, 2.05) is 24.3 Å². The zero-order chi connectivity index (χ0) is 17.6. The molecule has 25 heavy (non-hydrogen) atoms. The number of amides is 1. The van der Waals surface area contributed by atoms with Crippen molar-refractivity contribution in [2.75, 3.05) is 26.2 Å². The minimum atomic E-state index is -0.187. The van der Waals surface area contributed by atoms with Gasteiger partial charge in [-0.15, -0.1) is 0 Å². The van der Waals surface area contributed by atoms with E-state index >= 15 is 0 Å². The van der Waals surface area contributed by atoms with Crippen LogP contribution < -0.4 is 5.32 Å². The summed E-state index contributed by atoms with van der Waals surface area (Å²) in [6.45, 7) is 5.38. The number of para-hydroxylation sites is 1. The van der Waals surface area contributed by atoms with E-state index in [4.69, 9.17) is 4.42 Å². The number of aryl methyl sites for hydroxylation is 1. The zero-order valence-electron chi connectivity index (χ0n) is 15.0. The van der Waals surface area contributed by atoms with Gasteiger partial charge in [0.15, 0.2) is 0 Å². The maximum Gasteiger partial charge on any atom is 0.255 e. The summed E-state index contributed by atoms with van der Waals surface area (Å²) in [4.78, 5) is 15.0. The highest BCUT2D eigenvalue weighted by molar-refractivity contribution is 6.07. The number of unbranched alkanes of at least 4 members (excludes halogenated alkanes) is 1. The van der Waals surface area contributed by atoms with Crippen LogP contribution in [0.2, 0.25) is 0 Å². The normalized spacial score (nSPS) is 18.1. The van der Waals surface area contributed by atoms with Gasteiger partial charge in [0.25, 0.3) is 5.91 Å². The number of hydrogen-bond acceptors (Lipinski definition) is 4. The standard InChI is InChI=1S/C20H28N2O3/c1-2-3-8-18-19(16-7-4-5-9-17(16)25-18)20(24)21-11-6-12-22-13-10-15(23)14-22/h4-5,7,9,15,23H,2-3,6,8,10-14H2,1H3,(H,21,24)/t15-/m1/s1. The maximum atomic E-state index is 12.7. The van der Waals surface area contributed by atoms with Crippen molar-refractivity contribution in [2.45, 2.75) is 45.1 Å². The van der Waals surface area contributed by atoms with Gasteiger partial charge in [0.05, 0.1) is 11.7 Å². The third-order valence-corrected chi connectivity index (χ3v) is 4.84. The molecule has 1 amide bonds. The Bertz CT molecular complexity index is 710. The number of furan rings is 1. The van der Waals surface area contributed by atoms with Crippen LogP contribution in [0, 0.1) is 0 Å². The third kappa shape index (κ3) is 4.41. The average molecular weight is 344 g/mol. The molecule has 0 unspecified atom stereocenters. The lowest BCUT2D eigenvalue weighted by Gasteiger charge is -2.14. The van der Waals surface area contributed by atoms with E-state index in [1.54, 1.807) is 0 Å². The molecule has 1 aromatic carbocycles. The zero-order valence-corrected chi connectivity index (χ0v) is 15.0. The highest BCUT2D eigenvalue weighted by Gasteiger charge is 2.21. The van der Waals surface area contributed by atoms with Crippen molar-refractivity contribution in [2.24, 2.45) is 0 Å². The minimum absolute atomic E-state index is 0.0440. The summed E-state index contributed by atoms with van der Waals surface area (Å²) in [6, 6.07) is 7.74. The van der Waals surface area contributed by atoms with E-state index in [0.717, 1.165) is 68.5 Å². The van der Waals surface area contributed by atoms with Gasteiger partial charge in [0.2, 0.25) is 0 Å². The van der Waals surface area contributed by atoms with Gasteiger partial charge >= 0.3 is 0 Å². The molecule has 1 fully saturated rings. The van der Waals surface area contributed by atoms with E-state index < -0.39 is 0 Å². The van der Waals surface area contributed by atoms with Crippen LogP contribution in [0.5, 0.6) is 0 Å². The molecule has 0 radical (unpaired) electrons. The Hall–Kier alpha value is -1.85. The van der Waals surface area contributed by atoms with Crippen molar-refractivity contribution in [3.8, 4) is 0 Å². The van der Waals surface area contributed by atoms with Crippen molar-refractivity contribution < 1.29 is 14.3 Å². The van der Waals surface area contributed by atoms with E-state index in [1.165, 1.54) is 0 Å². The minimum Gasteiger partial charge on any atom is -0.460 e. The number of β-amino-alcohol motifs (C(OH)–C–C–N with tert-alkyl or cyclic N) is 1. The predicted octanol–water partition coefficient (Wildman–Crippen LogP) is 2.96. The second kappa shape index (κ2) is 8.50. The number of carbonyl (C=O) groups excluding carboxylic acids is 1. The maximum absolute atomic E-state index is 12.7. The molecular weight excluding hydrogens is 316 g/mol. The quantitative estimate of drug-likeness (QED) is 0.723. The summed E-state index contributed by atoms with van der Waals surface area (Å²) < 4.78 is 5.92. The number of aliphatic hydroxyl groups excluding tert-OH is 1. The first-order valence-electron chi connectivity index (χ1n) is 9.38. The summed E-state index contributed by atoms with van der Waals surface area (Å²) >= 11 is 0. The van der Waals surface area contributed by atoms with Gasteiger partial charge in [0, 0.05) is 31.4 Å². The molecule has 3 rings (SSSR count). The molecule has 5 heteroatoms. The van der Waals surface area contributed by atoms with Crippen molar-refractivity contribution >= 4 is 16.9 Å². The van der Waals surface area contributed by atoms with Gasteiger partial charge in [0.1, 0.15) is 11.3 Å². The number of benzene rings is 1. The van der Waals surface area contributed by atoms with Crippen LogP contribution in [-0.2, 0) is 6.42 Å². The third-order valence-electron chi connectivity index (χ3n) is 4.84. The molecule has 1 saturated heterocycles. The Morgan fingerprint density at radius 2 is 2.20 bits per heavy atom. The van der Waals surface area contributed by atoms with E-state index in [9.17, 15) is 9.90 Å². The van der Waals surface area contributed by atoms with Crippen molar-refractivity contribution in [3.63, 3.8) is 0 Å². The first kappa shape index (κ1) is 18.0. The molecule has 0 saturated carbocycles. The average Bonchev–Trinajstić information content (AvgIpc) is 3.19. The molecule has 1 aromatic heterocycles. The molecule has 0 bridgehead atoms. The van der Waals surface area contributed by atoms with Gasteiger partial charge in [-0.3, -0.25) is 4.79 Å². The first-order valence-corrected chi connectivity index (χ1v) is 9.38. The molecule has 5 nitrogen and oxygen atoms in total. The lowest BCUT2D eigenvalue weighted by Crippen LogP contribution is -2.29. The SMILES string of the molecule is CCCCc1oc2ccccc2c1C(=O)NCCCN1CC[C@@H](O)C1. The van der Waals surface area contributed by atoms with Crippen molar-refractivity contribution in [3.05, 3.63) is 35.6 Å². The molecule has 1 atom stereocenters. The fourth-order valence-corrected chi connectivity index (χ4v) is 3.47. The van der Waals surface area contributed by atoms with Gasteiger partial charge in [-0.25, -0.2) is 0 Å². The number of rotatable bonds is 8. The van der Waals surface area contributed by atoms with Crippen LogP contribution in [0.4, 0.5) is 0 Å². The fraction of sp³-hybridized carbons (Fsp3) is 0.550. The van der Waals surface area contributed by atoms with Gasteiger partial charge in [-0.05, 0) is 31.9 Å². The van der Waals surface area contributed by atoms with Crippen LogP contribution in [-0.4, -0.2) is 48.2 Å². The van der Waals surface area contributed by atoms with Crippen LogP contribution in [0.25, 0.3) is 11.0 Å². The summed E-state index contributed by atoms with van der Waals surface area (Å²) in [5.41, 5.74) is 1.48. The van der Waals surface area contributed by atoms with E-state index in [2.05, 4.69) is 17.1 Å². The Kier molecular flexibility index (Phi) is 6.10. The summed E-state index contributed by atoms with van der Waals surface area (Å²) in [7, 11) is 0. The van der Waals surface area contributed by atoms with E-state index in [-0.39, 0.29) is 12.0 Å².